The summed E-state index contributed by atoms with van der Waals surface area (Å²) in [5.41, 5.74) is 2.91. The molecule has 1 aromatic heterocycles. The van der Waals surface area contributed by atoms with Crippen LogP contribution in [0.15, 0.2) is 42.7 Å². The van der Waals surface area contributed by atoms with Gasteiger partial charge in [0.25, 0.3) is 0 Å². The van der Waals surface area contributed by atoms with Crippen LogP contribution in [-0.4, -0.2) is 29.8 Å². The van der Waals surface area contributed by atoms with Crippen molar-refractivity contribution in [1.82, 2.24) is 4.98 Å². The van der Waals surface area contributed by atoms with Crippen LogP contribution in [0.3, 0.4) is 0 Å². The van der Waals surface area contributed by atoms with Crippen molar-refractivity contribution in [2.75, 3.05) is 13.7 Å². The predicted molar refractivity (Wildman–Crippen MR) is 72.2 cm³/mol. The van der Waals surface area contributed by atoms with Crippen LogP contribution in [0.25, 0.3) is 11.1 Å². The van der Waals surface area contributed by atoms with Gasteiger partial charge in [-0.3, -0.25) is 4.98 Å². The number of aromatic carboxylic acids is 1. The summed E-state index contributed by atoms with van der Waals surface area (Å²) in [5, 5.41) is 9.15. The number of carboxylic acid groups (broad SMARTS) is 1. The number of nitrogens with zero attached hydrogens (tertiary/aromatic N) is 1. The second-order valence-electron chi connectivity index (χ2n) is 4.17. The normalized spacial score (nSPS) is 10.4. The lowest BCUT2D eigenvalue weighted by Gasteiger charge is -2.07. The van der Waals surface area contributed by atoms with Crippen molar-refractivity contribution in [3.8, 4) is 11.1 Å². The fraction of sp³-hybridized carbons (Fsp3) is 0.200. The number of ether oxygens (including phenoxy) is 1. The topological polar surface area (TPSA) is 59.4 Å². The molecule has 19 heavy (non-hydrogen) atoms. The van der Waals surface area contributed by atoms with Crippen molar-refractivity contribution >= 4 is 5.97 Å². The molecule has 0 amide bonds. The summed E-state index contributed by atoms with van der Waals surface area (Å²) in [7, 11) is 1.67. The summed E-state index contributed by atoms with van der Waals surface area (Å²) in [4.78, 5) is 15.2. The zero-order valence-corrected chi connectivity index (χ0v) is 10.7. The molecule has 0 radical (unpaired) electrons. The molecular weight excluding hydrogens is 242 g/mol. The third-order valence-corrected chi connectivity index (χ3v) is 2.91. The first-order chi connectivity index (χ1) is 9.22. The fourth-order valence-electron chi connectivity index (χ4n) is 1.88. The van der Waals surface area contributed by atoms with Crippen LogP contribution in [-0.2, 0) is 11.2 Å². The minimum absolute atomic E-state index is 0.264. The van der Waals surface area contributed by atoms with E-state index in [9.17, 15) is 4.79 Å². The zero-order valence-electron chi connectivity index (χ0n) is 10.7. The third kappa shape index (κ3) is 3.17. The Morgan fingerprint density at radius 2 is 2.00 bits per heavy atom. The molecule has 0 fully saturated rings. The highest BCUT2D eigenvalue weighted by atomic mass is 16.5. The number of carbonyl (C=O) groups is 1. The maximum absolute atomic E-state index is 11.2. The molecule has 0 bridgehead atoms. The average molecular weight is 257 g/mol. The molecule has 0 atom stereocenters. The maximum Gasteiger partial charge on any atom is 0.336 e. The Morgan fingerprint density at radius 1 is 1.26 bits per heavy atom. The lowest BCUT2D eigenvalue weighted by Crippen LogP contribution is -2.00. The number of hydrogen-bond acceptors (Lipinski definition) is 3. The summed E-state index contributed by atoms with van der Waals surface area (Å²) < 4.78 is 5.02. The van der Waals surface area contributed by atoms with Crippen molar-refractivity contribution < 1.29 is 14.6 Å². The smallest absolute Gasteiger partial charge is 0.336 e. The van der Waals surface area contributed by atoms with Crippen molar-refractivity contribution in [2.45, 2.75) is 6.42 Å². The zero-order chi connectivity index (χ0) is 13.7. The molecule has 2 rings (SSSR count). The number of rotatable bonds is 5. The van der Waals surface area contributed by atoms with Gasteiger partial charge in [-0.25, -0.2) is 4.79 Å². The van der Waals surface area contributed by atoms with Gasteiger partial charge in [-0.1, -0.05) is 24.3 Å². The van der Waals surface area contributed by atoms with Crippen molar-refractivity contribution in [3.63, 3.8) is 0 Å². The molecule has 2 aromatic rings. The first-order valence-electron chi connectivity index (χ1n) is 5.98. The molecule has 98 valence electrons. The van der Waals surface area contributed by atoms with E-state index in [1.165, 1.54) is 12.3 Å². The van der Waals surface area contributed by atoms with Crippen LogP contribution in [0, 0.1) is 0 Å². The molecule has 0 spiro atoms. The number of carboxylic acids is 1. The molecule has 0 saturated heterocycles. The van der Waals surface area contributed by atoms with Gasteiger partial charge in [-0.05, 0) is 23.6 Å². The van der Waals surface area contributed by atoms with Gasteiger partial charge < -0.3 is 9.84 Å². The van der Waals surface area contributed by atoms with Crippen LogP contribution in [0.4, 0.5) is 0 Å². The van der Waals surface area contributed by atoms with E-state index in [0.717, 1.165) is 17.5 Å². The van der Waals surface area contributed by atoms with Gasteiger partial charge in [0, 0.05) is 25.1 Å². The maximum atomic E-state index is 11.2. The van der Waals surface area contributed by atoms with Crippen LogP contribution in [0.5, 0.6) is 0 Å². The minimum Gasteiger partial charge on any atom is -0.478 e. The predicted octanol–water partition coefficient (Wildman–Crippen LogP) is 2.64. The fourth-order valence-corrected chi connectivity index (χ4v) is 1.88. The van der Waals surface area contributed by atoms with Gasteiger partial charge in [0.15, 0.2) is 0 Å². The lowest BCUT2D eigenvalue weighted by molar-refractivity contribution is 0.0697. The molecule has 0 aliphatic heterocycles. The van der Waals surface area contributed by atoms with E-state index in [2.05, 4.69) is 4.98 Å². The van der Waals surface area contributed by atoms with Crippen LogP contribution in [0.1, 0.15) is 15.9 Å². The molecule has 4 heteroatoms. The summed E-state index contributed by atoms with van der Waals surface area (Å²) in [6, 6.07) is 9.29. The van der Waals surface area contributed by atoms with E-state index < -0.39 is 5.97 Å². The molecule has 0 aliphatic rings. The second kappa shape index (κ2) is 6.11. The van der Waals surface area contributed by atoms with Gasteiger partial charge in [0.1, 0.15) is 0 Å². The molecule has 1 aromatic carbocycles. The Labute approximate surface area is 111 Å². The Kier molecular flexibility index (Phi) is 4.26. The monoisotopic (exact) mass is 257 g/mol. The van der Waals surface area contributed by atoms with Gasteiger partial charge in [0.2, 0.25) is 0 Å². The quantitative estimate of drug-likeness (QED) is 0.894. The molecule has 0 saturated carbocycles. The molecule has 1 N–H and O–H groups in total. The van der Waals surface area contributed by atoms with E-state index in [1.54, 1.807) is 13.3 Å². The summed E-state index contributed by atoms with van der Waals surface area (Å²) >= 11 is 0. The molecule has 0 unspecified atom stereocenters. The third-order valence-electron chi connectivity index (χ3n) is 2.91. The number of methoxy groups -OCH3 is 1. The molecular formula is C15H15NO3. The minimum atomic E-state index is -0.944. The van der Waals surface area contributed by atoms with E-state index in [-0.39, 0.29) is 5.56 Å². The van der Waals surface area contributed by atoms with Crippen molar-refractivity contribution in [2.24, 2.45) is 0 Å². The van der Waals surface area contributed by atoms with Gasteiger partial charge in [-0.15, -0.1) is 0 Å². The highest BCUT2D eigenvalue weighted by molar-refractivity contribution is 5.95. The first-order valence-corrected chi connectivity index (χ1v) is 5.98. The standard InChI is InChI=1S/C15H15NO3/c1-19-9-7-11-2-4-12(5-3-11)14-10-16-8-6-13(14)15(17)18/h2-6,8,10H,7,9H2,1H3,(H,17,18). The summed E-state index contributed by atoms with van der Waals surface area (Å²) in [5.74, 6) is -0.944. The van der Waals surface area contributed by atoms with E-state index in [0.29, 0.717) is 12.2 Å². The number of hydrogen-bond donors (Lipinski definition) is 1. The van der Waals surface area contributed by atoms with Crippen molar-refractivity contribution in [1.29, 1.82) is 0 Å². The molecule has 1 heterocycles. The Bertz CT molecular complexity index is 564. The van der Waals surface area contributed by atoms with Crippen LogP contribution < -0.4 is 0 Å². The van der Waals surface area contributed by atoms with Crippen molar-refractivity contribution in [3.05, 3.63) is 53.9 Å². The highest BCUT2D eigenvalue weighted by Gasteiger charge is 2.11. The summed E-state index contributed by atoms with van der Waals surface area (Å²) in [6.45, 7) is 0.673. The van der Waals surface area contributed by atoms with E-state index >= 15 is 0 Å². The largest absolute Gasteiger partial charge is 0.478 e. The van der Waals surface area contributed by atoms with Crippen LogP contribution >= 0.6 is 0 Å². The Hall–Kier alpha value is -2.20. The first kappa shape index (κ1) is 13.2. The Morgan fingerprint density at radius 3 is 2.63 bits per heavy atom. The van der Waals surface area contributed by atoms with Gasteiger partial charge in [0.05, 0.1) is 12.2 Å². The molecule has 0 aliphatic carbocycles. The highest BCUT2D eigenvalue weighted by Crippen LogP contribution is 2.23. The van der Waals surface area contributed by atoms with Gasteiger partial charge >= 0.3 is 5.97 Å². The van der Waals surface area contributed by atoms with Gasteiger partial charge in [-0.2, -0.15) is 0 Å². The molecule has 4 nitrogen and oxygen atoms in total. The lowest BCUT2D eigenvalue weighted by atomic mass is 10.0. The SMILES string of the molecule is COCCc1ccc(-c2cnccc2C(=O)O)cc1. The number of aromatic nitrogens is 1. The average Bonchev–Trinajstić information content (AvgIpc) is 2.45. The Balaban J connectivity index is 2.30. The second-order valence-corrected chi connectivity index (χ2v) is 4.17. The summed E-state index contributed by atoms with van der Waals surface area (Å²) in [6.07, 6.45) is 3.91. The van der Waals surface area contributed by atoms with Crippen LogP contribution in [0.2, 0.25) is 0 Å². The number of benzene rings is 1. The van der Waals surface area contributed by atoms with E-state index in [4.69, 9.17) is 9.84 Å². The number of pyridine rings is 1. The van der Waals surface area contributed by atoms with E-state index in [1.807, 2.05) is 24.3 Å².